The molecule has 20 heavy (non-hydrogen) atoms. The number of carbonyl (C=O) groups is 2. The lowest BCUT2D eigenvalue weighted by Crippen LogP contribution is -2.33. The molecule has 2 N–H and O–H groups in total. The van der Waals surface area contributed by atoms with Gasteiger partial charge in [-0.2, -0.15) is 0 Å². The van der Waals surface area contributed by atoms with Crippen molar-refractivity contribution in [1.29, 1.82) is 0 Å². The summed E-state index contributed by atoms with van der Waals surface area (Å²) in [5.41, 5.74) is 1.24. The van der Waals surface area contributed by atoms with Crippen LogP contribution in [0.15, 0.2) is 30.3 Å². The minimum atomic E-state index is -0.745. The topological polar surface area (TPSA) is 66.4 Å². The molecule has 2 atom stereocenters. The van der Waals surface area contributed by atoms with Gasteiger partial charge in [0, 0.05) is 12.5 Å². The van der Waals surface area contributed by atoms with Crippen LogP contribution in [-0.4, -0.2) is 23.0 Å². The number of carbonyl (C=O) groups excluding carboxylic acids is 1. The number of carboxylic acid groups (broad SMARTS) is 1. The van der Waals surface area contributed by atoms with Gasteiger partial charge in [-0.1, -0.05) is 30.3 Å². The Balaban J connectivity index is 1.65. The lowest BCUT2D eigenvalue weighted by atomic mass is 10.1. The molecular weight excluding hydrogens is 254 g/mol. The molecule has 1 aliphatic carbocycles. The average molecular weight is 275 g/mol. The first-order chi connectivity index (χ1) is 9.65. The van der Waals surface area contributed by atoms with Gasteiger partial charge in [-0.05, 0) is 37.7 Å². The van der Waals surface area contributed by atoms with Crippen molar-refractivity contribution in [2.75, 3.05) is 0 Å². The Morgan fingerprint density at radius 3 is 2.60 bits per heavy atom. The fraction of sp³-hybridized carbons (Fsp3) is 0.500. The number of aliphatic carboxylic acids is 1. The van der Waals surface area contributed by atoms with Crippen LogP contribution in [0, 0.1) is 5.92 Å². The lowest BCUT2D eigenvalue weighted by molar-refractivity contribution is -0.141. The van der Waals surface area contributed by atoms with E-state index in [9.17, 15) is 9.59 Å². The van der Waals surface area contributed by atoms with Gasteiger partial charge in [0.25, 0.3) is 0 Å². The lowest BCUT2D eigenvalue weighted by Gasteiger charge is -2.12. The van der Waals surface area contributed by atoms with Gasteiger partial charge in [-0.25, -0.2) is 0 Å². The van der Waals surface area contributed by atoms with Gasteiger partial charge in [-0.3, -0.25) is 9.59 Å². The minimum absolute atomic E-state index is 0.0389. The normalized spacial score (nSPS) is 21.6. The van der Waals surface area contributed by atoms with E-state index in [1.165, 1.54) is 5.56 Å². The zero-order valence-electron chi connectivity index (χ0n) is 11.5. The molecule has 4 nitrogen and oxygen atoms in total. The zero-order chi connectivity index (χ0) is 14.4. The monoisotopic (exact) mass is 275 g/mol. The summed E-state index contributed by atoms with van der Waals surface area (Å²) in [5, 5.41) is 11.9. The highest BCUT2D eigenvalue weighted by molar-refractivity contribution is 5.76. The molecule has 0 spiro atoms. The van der Waals surface area contributed by atoms with Crippen LogP contribution >= 0.6 is 0 Å². The number of benzene rings is 1. The molecule has 1 aromatic rings. The molecule has 1 amide bonds. The van der Waals surface area contributed by atoms with Crippen LogP contribution in [0.2, 0.25) is 0 Å². The molecule has 4 heteroatoms. The van der Waals surface area contributed by atoms with Crippen molar-refractivity contribution in [2.45, 2.75) is 44.6 Å². The second-order valence-electron chi connectivity index (χ2n) is 5.45. The molecule has 0 bridgehead atoms. The molecule has 0 aliphatic heterocycles. The SMILES string of the molecule is O=C(CCCc1ccccc1)NC1CCC(C(=O)O)C1. The summed E-state index contributed by atoms with van der Waals surface area (Å²) in [6, 6.07) is 10.1. The molecule has 2 rings (SSSR count). The van der Waals surface area contributed by atoms with Crippen molar-refractivity contribution in [1.82, 2.24) is 5.32 Å². The maximum Gasteiger partial charge on any atom is 0.306 e. The summed E-state index contributed by atoms with van der Waals surface area (Å²) >= 11 is 0. The molecule has 0 aromatic heterocycles. The van der Waals surface area contributed by atoms with Gasteiger partial charge in [0.2, 0.25) is 5.91 Å². The Morgan fingerprint density at radius 2 is 1.95 bits per heavy atom. The Bertz CT molecular complexity index is 458. The molecule has 1 saturated carbocycles. The van der Waals surface area contributed by atoms with Crippen LogP contribution in [0.1, 0.15) is 37.7 Å². The van der Waals surface area contributed by atoms with Gasteiger partial charge < -0.3 is 10.4 Å². The third-order valence-electron chi connectivity index (χ3n) is 3.86. The Hall–Kier alpha value is -1.84. The van der Waals surface area contributed by atoms with Crippen molar-refractivity contribution in [2.24, 2.45) is 5.92 Å². The third kappa shape index (κ3) is 4.37. The van der Waals surface area contributed by atoms with Gasteiger partial charge in [0.1, 0.15) is 0 Å². The first-order valence-electron chi connectivity index (χ1n) is 7.21. The van der Waals surface area contributed by atoms with Gasteiger partial charge in [0.05, 0.1) is 5.92 Å². The van der Waals surface area contributed by atoms with Crippen molar-refractivity contribution in [3.63, 3.8) is 0 Å². The predicted octanol–water partition coefficient (Wildman–Crippen LogP) is 2.38. The molecule has 2 unspecified atom stereocenters. The number of hydrogen-bond donors (Lipinski definition) is 2. The molecule has 108 valence electrons. The highest BCUT2D eigenvalue weighted by atomic mass is 16.4. The highest BCUT2D eigenvalue weighted by Crippen LogP contribution is 2.25. The maximum atomic E-state index is 11.8. The third-order valence-corrected chi connectivity index (χ3v) is 3.86. The Labute approximate surface area is 119 Å². The van der Waals surface area contributed by atoms with E-state index in [0.717, 1.165) is 19.3 Å². The smallest absolute Gasteiger partial charge is 0.306 e. The Morgan fingerprint density at radius 1 is 1.20 bits per heavy atom. The highest BCUT2D eigenvalue weighted by Gasteiger charge is 2.30. The Kier molecular flexibility index (Phi) is 5.16. The molecule has 0 radical (unpaired) electrons. The van der Waals surface area contributed by atoms with Crippen molar-refractivity contribution < 1.29 is 14.7 Å². The molecule has 1 aromatic carbocycles. The number of nitrogens with one attached hydrogen (secondary N) is 1. The van der Waals surface area contributed by atoms with Crippen LogP contribution in [0.25, 0.3) is 0 Å². The van der Waals surface area contributed by atoms with E-state index >= 15 is 0 Å². The number of amides is 1. The van der Waals surface area contributed by atoms with E-state index < -0.39 is 5.97 Å². The summed E-state index contributed by atoms with van der Waals surface area (Å²) < 4.78 is 0. The van der Waals surface area contributed by atoms with Crippen molar-refractivity contribution in [3.8, 4) is 0 Å². The zero-order valence-corrected chi connectivity index (χ0v) is 11.5. The van der Waals surface area contributed by atoms with Gasteiger partial charge in [0.15, 0.2) is 0 Å². The molecule has 0 saturated heterocycles. The fourth-order valence-electron chi connectivity index (χ4n) is 2.73. The number of aryl methyl sites for hydroxylation is 1. The second kappa shape index (κ2) is 7.08. The predicted molar refractivity (Wildman–Crippen MR) is 76.3 cm³/mol. The van der Waals surface area contributed by atoms with Gasteiger partial charge >= 0.3 is 5.97 Å². The fourth-order valence-corrected chi connectivity index (χ4v) is 2.73. The first kappa shape index (κ1) is 14.6. The van der Waals surface area contributed by atoms with Gasteiger partial charge in [-0.15, -0.1) is 0 Å². The second-order valence-corrected chi connectivity index (χ2v) is 5.45. The van der Waals surface area contributed by atoms with E-state index in [1.807, 2.05) is 18.2 Å². The summed E-state index contributed by atoms with van der Waals surface area (Å²) in [4.78, 5) is 22.7. The quantitative estimate of drug-likeness (QED) is 0.837. The number of rotatable bonds is 6. The minimum Gasteiger partial charge on any atom is -0.481 e. The van der Waals surface area contributed by atoms with E-state index in [2.05, 4.69) is 17.4 Å². The molecular formula is C16H21NO3. The van der Waals surface area contributed by atoms with Crippen molar-refractivity contribution in [3.05, 3.63) is 35.9 Å². The average Bonchev–Trinajstić information content (AvgIpc) is 2.88. The van der Waals surface area contributed by atoms with Crippen LogP contribution < -0.4 is 5.32 Å². The summed E-state index contributed by atoms with van der Waals surface area (Å²) in [7, 11) is 0. The van der Waals surface area contributed by atoms with E-state index in [4.69, 9.17) is 5.11 Å². The van der Waals surface area contributed by atoms with Crippen LogP contribution in [-0.2, 0) is 16.0 Å². The summed E-state index contributed by atoms with van der Waals surface area (Å²) in [6.07, 6.45) is 4.25. The molecule has 0 heterocycles. The van der Waals surface area contributed by atoms with Crippen molar-refractivity contribution >= 4 is 11.9 Å². The van der Waals surface area contributed by atoms with Crippen LogP contribution in [0.4, 0.5) is 0 Å². The first-order valence-corrected chi connectivity index (χ1v) is 7.21. The summed E-state index contributed by atoms with van der Waals surface area (Å²) in [5.74, 6) is -0.993. The molecule has 1 aliphatic rings. The number of hydrogen-bond acceptors (Lipinski definition) is 2. The van der Waals surface area contributed by atoms with E-state index in [1.54, 1.807) is 0 Å². The molecule has 1 fully saturated rings. The van der Waals surface area contributed by atoms with Crippen LogP contribution in [0.5, 0.6) is 0 Å². The largest absolute Gasteiger partial charge is 0.481 e. The van der Waals surface area contributed by atoms with E-state index in [0.29, 0.717) is 19.3 Å². The number of carboxylic acids is 1. The van der Waals surface area contributed by atoms with Crippen LogP contribution in [0.3, 0.4) is 0 Å². The standard InChI is InChI=1S/C16H21NO3/c18-15(8-4-7-12-5-2-1-3-6-12)17-14-10-9-13(11-14)16(19)20/h1-3,5-6,13-14H,4,7-11H2,(H,17,18)(H,19,20). The van der Waals surface area contributed by atoms with E-state index in [-0.39, 0.29) is 17.9 Å². The summed E-state index contributed by atoms with van der Waals surface area (Å²) in [6.45, 7) is 0. The maximum absolute atomic E-state index is 11.8.